The summed E-state index contributed by atoms with van der Waals surface area (Å²) in [7, 11) is 3.53. The zero-order valence-corrected chi connectivity index (χ0v) is 19.2. The Balaban J connectivity index is 0.00000205. The number of guanidine groups is 1. The van der Waals surface area contributed by atoms with Crippen molar-refractivity contribution in [2.45, 2.75) is 31.6 Å². The van der Waals surface area contributed by atoms with Crippen molar-refractivity contribution in [2.75, 3.05) is 27.2 Å². The van der Waals surface area contributed by atoms with E-state index in [9.17, 15) is 0 Å². The Hall–Kier alpha value is -1.81. The van der Waals surface area contributed by atoms with Crippen molar-refractivity contribution >= 4 is 29.9 Å². The van der Waals surface area contributed by atoms with Crippen molar-refractivity contribution in [3.8, 4) is 11.4 Å². The number of aromatic nitrogens is 2. The van der Waals surface area contributed by atoms with Crippen LogP contribution in [0, 0.1) is 11.8 Å². The molecule has 156 valence electrons. The van der Waals surface area contributed by atoms with Crippen LogP contribution in [0.5, 0.6) is 5.75 Å². The molecule has 0 saturated carbocycles. The van der Waals surface area contributed by atoms with Gasteiger partial charge in [-0.1, -0.05) is 0 Å². The van der Waals surface area contributed by atoms with Gasteiger partial charge >= 0.3 is 0 Å². The van der Waals surface area contributed by atoms with Gasteiger partial charge < -0.3 is 19.7 Å². The van der Waals surface area contributed by atoms with E-state index in [-0.39, 0.29) is 24.0 Å². The van der Waals surface area contributed by atoms with Gasteiger partial charge in [-0.2, -0.15) is 5.10 Å². The molecule has 1 aromatic carbocycles. The lowest BCUT2D eigenvalue weighted by molar-refractivity contribution is 0.0767. The van der Waals surface area contributed by atoms with Gasteiger partial charge in [0, 0.05) is 38.2 Å². The molecule has 2 aromatic rings. The molecule has 0 amide bonds. The number of benzene rings is 1. The zero-order valence-electron chi connectivity index (χ0n) is 16.8. The highest BCUT2D eigenvalue weighted by Gasteiger charge is 2.53. The number of methoxy groups -OCH3 is 1. The predicted octanol–water partition coefficient (Wildman–Crippen LogP) is 2.68. The van der Waals surface area contributed by atoms with Crippen molar-refractivity contribution in [1.29, 1.82) is 0 Å². The Bertz CT molecular complexity index is 850. The van der Waals surface area contributed by atoms with E-state index in [0.717, 1.165) is 36.2 Å². The lowest BCUT2D eigenvalue weighted by atomic mass is 9.82. The van der Waals surface area contributed by atoms with Crippen LogP contribution in [0.2, 0.25) is 0 Å². The third kappa shape index (κ3) is 3.84. The summed E-state index contributed by atoms with van der Waals surface area (Å²) in [6, 6.07) is 9.93. The first-order valence-corrected chi connectivity index (χ1v) is 10.0. The number of rotatable bonds is 4. The molecule has 0 aliphatic carbocycles. The number of aliphatic imine (C=N–C) groups is 1. The maximum atomic E-state index is 6.08. The second-order valence-corrected chi connectivity index (χ2v) is 7.87. The fraction of sp³-hybridized carbons (Fsp3) is 0.524. The molecule has 5 rings (SSSR count). The van der Waals surface area contributed by atoms with Crippen LogP contribution in [-0.2, 0) is 11.3 Å². The summed E-state index contributed by atoms with van der Waals surface area (Å²) in [4.78, 5) is 6.90. The standard InChI is InChI=1S/C21H27N5O2.HI/c1-22-21(25-12-17-18(13-25)20-8-7-19(17)28-20)23-11-14-9-10-26(24-14)15-3-5-16(27-2)6-4-15;/h3-6,9-10,17-20H,7-8,11-13H2,1-2H3,(H,22,23);1H. The fourth-order valence-electron chi connectivity index (χ4n) is 4.97. The van der Waals surface area contributed by atoms with Crippen molar-refractivity contribution in [1.82, 2.24) is 20.0 Å². The fourth-order valence-corrected chi connectivity index (χ4v) is 4.97. The molecule has 3 aliphatic heterocycles. The van der Waals surface area contributed by atoms with Crippen LogP contribution in [0.4, 0.5) is 0 Å². The number of hydrogen-bond acceptors (Lipinski definition) is 4. The SMILES string of the molecule is CN=C(NCc1ccn(-c2ccc(OC)cc2)n1)N1CC2C3CCC(O3)C2C1.I. The van der Waals surface area contributed by atoms with Gasteiger partial charge in [0.25, 0.3) is 0 Å². The van der Waals surface area contributed by atoms with E-state index in [2.05, 4.69) is 20.3 Å². The van der Waals surface area contributed by atoms with Gasteiger partial charge in [-0.25, -0.2) is 4.68 Å². The Kier molecular flexibility index (Phi) is 6.00. The highest BCUT2D eigenvalue weighted by atomic mass is 127. The number of nitrogens with one attached hydrogen (secondary N) is 1. The van der Waals surface area contributed by atoms with Gasteiger partial charge in [-0.15, -0.1) is 24.0 Å². The van der Waals surface area contributed by atoms with Gasteiger partial charge in [0.15, 0.2) is 5.96 Å². The van der Waals surface area contributed by atoms with Gasteiger partial charge in [0.1, 0.15) is 5.75 Å². The zero-order chi connectivity index (χ0) is 19.1. The lowest BCUT2D eigenvalue weighted by Crippen LogP contribution is -2.41. The smallest absolute Gasteiger partial charge is 0.193 e. The maximum absolute atomic E-state index is 6.08. The molecule has 1 N–H and O–H groups in total. The summed E-state index contributed by atoms with van der Waals surface area (Å²) in [5.74, 6) is 3.15. The van der Waals surface area contributed by atoms with Gasteiger partial charge in [0.05, 0.1) is 37.2 Å². The first-order valence-electron chi connectivity index (χ1n) is 10.0. The third-order valence-electron chi connectivity index (χ3n) is 6.37. The van der Waals surface area contributed by atoms with E-state index < -0.39 is 0 Å². The molecule has 8 heteroatoms. The minimum Gasteiger partial charge on any atom is -0.497 e. The van der Waals surface area contributed by atoms with Crippen LogP contribution in [0.15, 0.2) is 41.5 Å². The topological polar surface area (TPSA) is 63.9 Å². The second kappa shape index (κ2) is 8.51. The molecule has 7 nitrogen and oxygen atoms in total. The first kappa shape index (κ1) is 20.5. The largest absolute Gasteiger partial charge is 0.497 e. The summed E-state index contributed by atoms with van der Waals surface area (Å²) in [6.07, 6.45) is 5.39. The summed E-state index contributed by atoms with van der Waals surface area (Å²) in [6.45, 7) is 2.75. The van der Waals surface area contributed by atoms with E-state index >= 15 is 0 Å². The summed E-state index contributed by atoms with van der Waals surface area (Å²) in [5.41, 5.74) is 2.00. The minimum absolute atomic E-state index is 0. The third-order valence-corrected chi connectivity index (χ3v) is 6.37. The molecule has 3 fully saturated rings. The van der Waals surface area contributed by atoms with Crippen LogP contribution in [0.25, 0.3) is 5.69 Å². The second-order valence-electron chi connectivity index (χ2n) is 7.87. The minimum atomic E-state index is 0. The van der Waals surface area contributed by atoms with Crippen LogP contribution in [-0.4, -0.2) is 60.1 Å². The summed E-state index contributed by atoms with van der Waals surface area (Å²) < 4.78 is 13.2. The molecule has 3 saturated heterocycles. The Labute approximate surface area is 188 Å². The number of hydrogen-bond donors (Lipinski definition) is 1. The molecular weight excluding hydrogens is 481 g/mol. The molecule has 4 atom stereocenters. The molecular formula is C21H28IN5O2. The molecule has 4 unspecified atom stereocenters. The van der Waals surface area contributed by atoms with Crippen LogP contribution < -0.4 is 10.1 Å². The Morgan fingerprint density at radius 2 is 1.86 bits per heavy atom. The molecule has 1 aromatic heterocycles. The number of halogens is 1. The molecule has 4 heterocycles. The van der Waals surface area contributed by atoms with E-state index in [1.807, 2.05) is 48.3 Å². The van der Waals surface area contributed by atoms with E-state index in [1.54, 1.807) is 7.11 Å². The average molecular weight is 509 g/mol. The van der Waals surface area contributed by atoms with E-state index in [1.165, 1.54) is 12.8 Å². The van der Waals surface area contributed by atoms with Crippen LogP contribution in [0.3, 0.4) is 0 Å². The number of fused-ring (bicyclic) bond motifs is 5. The molecule has 0 radical (unpaired) electrons. The van der Waals surface area contributed by atoms with E-state index in [0.29, 0.717) is 30.6 Å². The lowest BCUT2D eigenvalue weighted by Gasteiger charge is -2.23. The van der Waals surface area contributed by atoms with Gasteiger partial charge in [0.2, 0.25) is 0 Å². The quantitative estimate of drug-likeness (QED) is 0.390. The van der Waals surface area contributed by atoms with Crippen molar-refractivity contribution < 1.29 is 9.47 Å². The predicted molar refractivity (Wildman–Crippen MR) is 122 cm³/mol. The monoisotopic (exact) mass is 509 g/mol. The first-order chi connectivity index (χ1) is 13.7. The number of ether oxygens (including phenoxy) is 2. The highest BCUT2D eigenvalue weighted by molar-refractivity contribution is 14.0. The molecule has 2 bridgehead atoms. The van der Waals surface area contributed by atoms with Gasteiger partial charge in [-0.05, 0) is 43.2 Å². The maximum Gasteiger partial charge on any atom is 0.193 e. The highest BCUT2D eigenvalue weighted by Crippen LogP contribution is 2.47. The normalized spacial score (nSPS) is 27.7. The van der Waals surface area contributed by atoms with Gasteiger partial charge in [-0.3, -0.25) is 4.99 Å². The molecule has 29 heavy (non-hydrogen) atoms. The molecule has 3 aliphatic rings. The molecule has 0 spiro atoms. The average Bonchev–Trinajstić information content (AvgIpc) is 3.50. The summed E-state index contributed by atoms with van der Waals surface area (Å²) in [5, 5.41) is 8.17. The Morgan fingerprint density at radius 1 is 1.17 bits per heavy atom. The van der Waals surface area contributed by atoms with E-state index in [4.69, 9.17) is 9.47 Å². The number of nitrogens with zero attached hydrogens (tertiary/aromatic N) is 4. The van der Waals surface area contributed by atoms with Crippen molar-refractivity contribution in [3.63, 3.8) is 0 Å². The Morgan fingerprint density at radius 3 is 2.48 bits per heavy atom. The van der Waals surface area contributed by atoms with Crippen molar-refractivity contribution in [2.24, 2.45) is 16.8 Å². The van der Waals surface area contributed by atoms with Crippen LogP contribution in [0.1, 0.15) is 18.5 Å². The van der Waals surface area contributed by atoms with Crippen LogP contribution >= 0.6 is 24.0 Å². The van der Waals surface area contributed by atoms with Crippen molar-refractivity contribution in [3.05, 3.63) is 42.2 Å². The number of likely N-dealkylation sites (tertiary alicyclic amines) is 1. The summed E-state index contributed by atoms with van der Waals surface area (Å²) >= 11 is 0.